The van der Waals surface area contributed by atoms with Crippen LogP contribution in [0.1, 0.15) is 33.6 Å². The minimum Gasteiger partial charge on any atom is -0.460 e. The lowest BCUT2D eigenvalue weighted by molar-refractivity contribution is -0.154. The van der Waals surface area contributed by atoms with Crippen LogP contribution in [-0.4, -0.2) is 11.6 Å². The van der Waals surface area contributed by atoms with Gasteiger partial charge in [-0.2, -0.15) is 0 Å². The van der Waals surface area contributed by atoms with Gasteiger partial charge in [0.2, 0.25) is 0 Å². The van der Waals surface area contributed by atoms with Crippen molar-refractivity contribution >= 4 is 17.6 Å². The first-order chi connectivity index (χ1) is 5.31. The van der Waals surface area contributed by atoms with E-state index < -0.39 is 5.60 Å². The molecule has 0 aliphatic heterocycles. The molecule has 0 bridgehead atoms. The van der Waals surface area contributed by atoms with Crippen molar-refractivity contribution in [1.29, 1.82) is 0 Å². The molecule has 0 N–H and O–H groups in total. The first-order valence-corrected chi connectivity index (χ1v) is 4.24. The third-order valence-electron chi connectivity index (χ3n) is 1.02. The topological polar surface area (TPSA) is 26.3 Å². The van der Waals surface area contributed by atoms with Crippen LogP contribution in [0.3, 0.4) is 0 Å². The van der Waals surface area contributed by atoms with E-state index in [4.69, 9.17) is 16.3 Å². The van der Waals surface area contributed by atoms with Crippen LogP contribution in [0.5, 0.6) is 0 Å². The highest BCUT2D eigenvalue weighted by Crippen LogP contribution is 2.12. The van der Waals surface area contributed by atoms with E-state index in [0.717, 1.165) is 0 Å². The molecule has 0 unspecified atom stereocenters. The molecular formula is C9H15ClO2. The van der Waals surface area contributed by atoms with Crippen molar-refractivity contribution in [2.45, 2.75) is 39.2 Å². The van der Waals surface area contributed by atoms with Crippen LogP contribution in [-0.2, 0) is 9.53 Å². The Morgan fingerprint density at radius 3 is 2.25 bits per heavy atom. The van der Waals surface area contributed by atoms with E-state index in [1.165, 1.54) is 0 Å². The zero-order valence-electron chi connectivity index (χ0n) is 7.82. The van der Waals surface area contributed by atoms with Gasteiger partial charge in [0.1, 0.15) is 5.60 Å². The predicted octanol–water partition coefficient (Wildman–Crippen LogP) is 2.86. The van der Waals surface area contributed by atoms with Crippen molar-refractivity contribution in [3.05, 3.63) is 11.6 Å². The molecule has 0 amide bonds. The van der Waals surface area contributed by atoms with Gasteiger partial charge in [-0.1, -0.05) is 18.2 Å². The number of hydrogen-bond donors (Lipinski definition) is 0. The molecule has 0 aromatic carbocycles. The summed E-state index contributed by atoms with van der Waals surface area (Å²) in [4.78, 5) is 11.0. The Hall–Kier alpha value is -0.500. The maximum absolute atomic E-state index is 11.0. The minimum absolute atomic E-state index is 0.232. The maximum atomic E-state index is 11.0. The third-order valence-corrected chi connectivity index (χ3v) is 1.21. The molecule has 0 radical (unpaired) electrons. The molecule has 0 rings (SSSR count). The normalized spacial score (nSPS) is 11.0. The summed E-state index contributed by atoms with van der Waals surface area (Å²) in [6.45, 7) is 8.98. The van der Waals surface area contributed by atoms with Gasteiger partial charge in [-0.25, -0.2) is 0 Å². The quantitative estimate of drug-likeness (QED) is 0.640. The van der Waals surface area contributed by atoms with E-state index in [0.29, 0.717) is 17.9 Å². The third kappa shape index (κ3) is 7.61. The largest absolute Gasteiger partial charge is 0.460 e. The summed E-state index contributed by atoms with van der Waals surface area (Å²) in [5.74, 6) is -0.232. The Morgan fingerprint density at radius 1 is 1.42 bits per heavy atom. The molecule has 0 saturated carbocycles. The van der Waals surface area contributed by atoms with Crippen LogP contribution in [0.2, 0.25) is 0 Å². The van der Waals surface area contributed by atoms with Crippen molar-refractivity contribution in [2.75, 3.05) is 0 Å². The molecule has 0 aliphatic carbocycles. The van der Waals surface area contributed by atoms with Crippen molar-refractivity contribution in [1.82, 2.24) is 0 Å². The lowest BCUT2D eigenvalue weighted by atomic mass is 10.2. The van der Waals surface area contributed by atoms with Crippen molar-refractivity contribution < 1.29 is 9.53 Å². The van der Waals surface area contributed by atoms with Gasteiger partial charge < -0.3 is 4.74 Å². The summed E-state index contributed by atoms with van der Waals surface area (Å²) in [6.07, 6.45) is 0.788. The number of rotatable bonds is 3. The van der Waals surface area contributed by atoms with E-state index >= 15 is 0 Å². The predicted molar refractivity (Wildman–Crippen MR) is 50.1 cm³/mol. The smallest absolute Gasteiger partial charge is 0.306 e. The number of ether oxygens (including phenoxy) is 1. The zero-order chi connectivity index (χ0) is 9.78. The van der Waals surface area contributed by atoms with E-state index in [1.54, 1.807) is 0 Å². The molecule has 0 atom stereocenters. The Labute approximate surface area is 78.5 Å². The van der Waals surface area contributed by atoms with Gasteiger partial charge in [-0.05, 0) is 27.2 Å². The molecular weight excluding hydrogens is 176 g/mol. The van der Waals surface area contributed by atoms with E-state index in [9.17, 15) is 4.79 Å². The SMILES string of the molecule is C=C(Cl)CCC(=O)OC(C)(C)C. The van der Waals surface area contributed by atoms with Crippen LogP contribution in [0.15, 0.2) is 11.6 Å². The fraction of sp³-hybridized carbons (Fsp3) is 0.667. The number of carbonyl (C=O) groups excluding carboxylic acids is 1. The van der Waals surface area contributed by atoms with Crippen LogP contribution in [0.25, 0.3) is 0 Å². The summed E-state index contributed by atoms with van der Waals surface area (Å²) < 4.78 is 5.05. The second-order valence-electron chi connectivity index (χ2n) is 3.60. The molecule has 3 heteroatoms. The van der Waals surface area contributed by atoms with Crippen LogP contribution >= 0.6 is 11.6 Å². The van der Waals surface area contributed by atoms with Crippen LogP contribution in [0.4, 0.5) is 0 Å². The second kappa shape index (κ2) is 4.51. The average Bonchev–Trinajstić information content (AvgIpc) is 1.79. The highest BCUT2D eigenvalue weighted by Gasteiger charge is 2.15. The zero-order valence-corrected chi connectivity index (χ0v) is 8.57. The summed E-state index contributed by atoms with van der Waals surface area (Å²) in [5, 5.41) is 0.487. The molecule has 0 fully saturated rings. The Kier molecular flexibility index (Phi) is 4.32. The first kappa shape index (κ1) is 11.5. The number of allylic oxidation sites excluding steroid dienone is 1. The molecule has 0 aliphatic rings. The molecule has 70 valence electrons. The average molecular weight is 191 g/mol. The lowest BCUT2D eigenvalue weighted by Gasteiger charge is -2.19. The Bertz CT molecular complexity index is 179. The lowest BCUT2D eigenvalue weighted by Crippen LogP contribution is -2.23. The molecule has 0 saturated heterocycles. The molecule has 0 spiro atoms. The highest BCUT2D eigenvalue weighted by molar-refractivity contribution is 6.29. The van der Waals surface area contributed by atoms with Gasteiger partial charge in [0.15, 0.2) is 0 Å². The van der Waals surface area contributed by atoms with Gasteiger partial charge in [0, 0.05) is 5.03 Å². The second-order valence-corrected chi connectivity index (χ2v) is 4.14. The van der Waals surface area contributed by atoms with Gasteiger partial charge in [0.05, 0.1) is 6.42 Å². The standard InChI is InChI=1S/C9H15ClO2/c1-7(10)5-6-8(11)12-9(2,3)4/h1,5-6H2,2-4H3. The number of hydrogen-bond acceptors (Lipinski definition) is 2. The summed E-state index contributed by atoms with van der Waals surface area (Å²) in [7, 11) is 0. The number of carbonyl (C=O) groups is 1. The van der Waals surface area contributed by atoms with Gasteiger partial charge in [-0.15, -0.1) is 0 Å². The van der Waals surface area contributed by atoms with Gasteiger partial charge in [0.25, 0.3) is 0 Å². The van der Waals surface area contributed by atoms with Crippen molar-refractivity contribution in [2.24, 2.45) is 0 Å². The number of esters is 1. The molecule has 0 aromatic rings. The van der Waals surface area contributed by atoms with Gasteiger partial charge in [-0.3, -0.25) is 4.79 Å². The van der Waals surface area contributed by atoms with Crippen molar-refractivity contribution in [3.8, 4) is 0 Å². The fourth-order valence-electron chi connectivity index (χ4n) is 0.630. The monoisotopic (exact) mass is 190 g/mol. The Morgan fingerprint density at radius 2 is 1.92 bits per heavy atom. The van der Waals surface area contributed by atoms with Crippen LogP contribution in [0, 0.1) is 0 Å². The van der Waals surface area contributed by atoms with E-state index in [1.807, 2.05) is 20.8 Å². The van der Waals surface area contributed by atoms with Crippen LogP contribution < -0.4 is 0 Å². The first-order valence-electron chi connectivity index (χ1n) is 3.86. The summed E-state index contributed by atoms with van der Waals surface area (Å²) >= 11 is 5.49. The van der Waals surface area contributed by atoms with Gasteiger partial charge >= 0.3 is 5.97 Å². The summed E-state index contributed by atoms with van der Waals surface area (Å²) in [6, 6.07) is 0. The highest BCUT2D eigenvalue weighted by atomic mass is 35.5. The maximum Gasteiger partial charge on any atom is 0.306 e. The molecule has 12 heavy (non-hydrogen) atoms. The Balaban J connectivity index is 3.68. The van der Waals surface area contributed by atoms with E-state index in [2.05, 4.69) is 6.58 Å². The molecule has 2 nitrogen and oxygen atoms in total. The summed E-state index contributed by atoms with van der Waals surface area (Å²) in [5.41, 5.74) is -0.412. The fourth-order valence-corrected chi connectivity index (χ4v) is 0.725. The number of halogens is 1. The van der Waals surface area contributed by atoms with Crippen molar-refractivity contribution in [3.63, 3.8) is 0 Å². The molecule has 0 aromatic heterocycles. The van der Waals surface area contributed by atoms with E-state index in [-0.39, 0.29) is 5.97 Å². The molecule has 0 heterocycles. The minimum atomic E-state index is -0.412.